The van der Waals surface area contributed by atoms with E-state index in [-0.39, 0.29) is 24.4 Å². The minimum Gasteiger partial charge on any atom is -0.397 e. The highest BCUT2D eigenvalue weighted by Gasteiger charge is 2.26. The second-order valence-electron chi connectivity index (χ2n) is 4.45. The summed E-state index contributed by atoms with van der Waals surface area (Å²) in [6.07, 6.45) is -6.37. The molecule has 1 amide bonds. The molecule has 0 spiro atoms. The van der Waals surface area contributed by atoms with Crippen molar-refractivity contribution >= 4 is 17.3 Å². The minimum atomic E-state index is -4.24. The van der Waals surface area contributed by atoms with Crippen molar-refractivity contribution in [1.82, 2.24) is 0 Å². The van der Waals surface area contributed by atoms with Gasteiger partial charge in [0, 0.05) is 13.0 Å². The van der Waals surface area contributed by atoms with Gasteiger partial charge < -0.3 is 15.8 Å². The highest BCUT2D eigenvalue weighted by molar-refractivity contribution is 5.96. The minimum absolute atomic E-state index is 0.0487. The van der Waals surface area contributed by atoms with Crippen LogP contribution in [0.15, 0.2) is 18.2 Å². The summed E-state index contributed by atoms with van der Waals surface area (Å²) in [5.41, 5.74) is 5.78. The molecule has 0 heterocycles. The molecule has 4 nitrogen and oxygen atoms in total. The zero-order chi connectivity index (χ0) is 16.0. The molecule has 118 valence electrons. The summed E-state index contributed by atoms with van der Waals surface area (Å²) in [6, 6.07) is 3.46. The van der Waals surface area contributed by atoms with E-state index < -0.39 is 30.4 Å². The van der Waals surface area contributed by atoms with Gasteiger partial charge >= 0.3 is 6.18 Å². The molecule has 3 N–H and O–H groups in total. The first-order valence-electron chi connectivity index (χ1n) is 6.23. The molecule has 0 fully saturated rings. The molecule has 0 bridgehead atoms. The van der Waals surface area contributed by atoms with E-state index in [9.17, 15) is 22.4 Å². The third-order valence-corrected chi connectivity index (χ3v) is 2.61. The number of amides is 1. The number of benzene rings is 1. The van der Waals surface area contributed by atoms with Crippen molar-refractivity contribution in [3.63, 3.8) is 0 Å². The van der Waals surface area contributed by atoms with Gasteiger partial charge in [0.2, 0.25) is 0 Å². The summed E-state index contributed by atoms with van der Waals surface area (Å²) >= 11 is 0. The van der Waals surface area contributed by atoms with Crippen LogP contribution in [-0.2, 0) is 9.53 Å². The predicted molar refractivity (Wildman–Crippen MR) is 70.1 cm³/mol. The molecule has 1 aromatic carbocycles. The van der Waals surface area contributed by atoms with E-state index in [1.165, 1.54) is 13.0 Å². The fourth-order valence-electron chi connectivity index (χ4n) is 1.49. The van der Waals surface area contributed by atoms with Gasteiger partial charge in [-0.2, -0.15) is 13.2 Å². The van der Waals surface area contributed by atoms with Crippen LogP contribution in [0.5, 0.6) is 0 Å². The highest BCUT2D eigenvalue weighted by atomic mass is 19.4. The lowest BCUT2D eigenvalue weighted by Crippen LogP contribution is -2.28. The molecule has 1 rings (SSSR count). The zero-order valence-electron chi connectivity index (χ0n) is 11.3. The summed E-state index contributed by atoms with van der Waals surface area (Å²) in [6.45, 7) is 1.22. The number of alkyl halides is 3. The quantitative estimate of drug-likeness (QED) is 0.482. The number of hydrogen-bond donors (Lipinski definition) is 2. The van der Waals surface area contributed by atoms with E-state index in [2.05, 4.69) is 5.32 Å². The number of carbonyl (C=O) groups is 1. The Morgan fingerprint density at radius 3 is 2.67 bits per heavy atom. The fraction of sp³-hybridized carbons (Fsp3) is 0.462. The van der Waals surface area contributed by atoms with Crippen molar-refractivity contribution in [1.29, 1.82) is 0 Å². The van der Waals surface area contributed by atoms with Gasteiger partial charge in [-0.3, -0.25) is 4.79 Å². The van der Waals surface area contributed by atoms with Gasteiger partial charge in [-0.1, -0.05) is 0 Å². The van der Waals surface area contributed by atoms with Crippen molar-refractivity contribution in [2.45, 2.75) is 32.0 Å². The van der Waals surface area contributed by atoms with Crippen LogP contribution in [0, 0.1) is 5.82 Å². The van der Waals surface area contributed by atoms with Crippen LogP contribution in [0.4, 0.5) is 28.9 Å². The van der Waals surface area contributed by atoms with E-state index in [1.807, 2.05) is 0 Å². The van der Waals surface area contributed by atoms with Crippen LogP contribution in [0.1, 0.15) is 19.8 Å². The molecule has 0 saturated carbocycles. The number of nitrogens with two attached hydrogens (primary N) is 1. The van der Waals surface area contributed by atoms with Crippen LogP contribution < -0.4 is 11.1 Å². The van der Waals surface area contributed by atoms with Gasteiger partial charge in [0.1, 0.15) is 11.9 Å². The number of halogens is 4. The second kappa shape index (κ2) is 7.26. The maximum atomic E-state index is 12.8. The molecule has 21 heavy (non-hydrogen) atoms. The summed E-state index contributed by atoms with van der Waals surface area (Å²) in [5.74, 6) is -1.11. The number of nitrogens with one attached hydrogen (secondary N) is 1. The number of rotatable bonds is 6. The Labute approximate surface area is 119 Å². The number of carbonyl (C=O) groups excluding carboxylic acids is 1. The van der Waals surface area contributed by atoms with Crippen molar-refractivity contribution in [2.24, 2.45) is 0 Å². The molecule has 0 aliphatic rings. The molecule has 1 aromatic rings. The Balaban J connectivity index is 2.41. The maximum Gasteiger partial charge on any atom is 0.389 e. The van der Waals surface area contributed by atoms with Crippen LogP contribution >= 0.6 is 0 Å². The summed E-state index contributed by atoms with van der Waals surface area (Å²) in [4.78, 5) is 11.7. The summed E-state index contributed by atoms with van der Waals surface area (Å²) < 4.78 is 53.6. The predicted octanol–water partition coefficient (Wildman–Crippen LogP) is 3.09. The van der Waals surface area contributed by atoms with Gasteiger partial charge in [-0.05, 0) is 31.5 Å². The Hall–Kier alpha value is -1.83. The highest BCUT2D eigenvalue weighted by Crippen LogP contribution is 2.22. The van der Waals surface area contributed by atoms with Crippen LogP contribution in [-0.4, -0.2) is 24.8 Å². The Kier molecular flexibility index (Phi) is 5.95. The van der Waals surface area contributed by atoms with Gasteiger partial charge in [0.25, 0.3) is 5.91 Å². The van der Waals surface area contributed by atoms with Crippen molar-refractivity contribution in [3.8, 4) is 0 Å². The van der Waals surface area contributed by atoms with Crippen molar-refractivity contribution in [3.05, 3.63) is 24.0 Å². The van der Waals surface area contributed by atoms with Gasteiger partial charge in [-0.15, -0.1) is 0 Å². The molecule has 0 radical (unpaired) electrons. The lowest BCUT2D eigenvalue weighted by Gasteiger charge is -2.15. The monoisotopic (exact) mass is 308 g/mol. The number of ether oxygens (including phenoxy) is 1. The molecule has 1 atom stereocenters. The molecule has 1 unspecified atom stereocenters. The van der Waals surface area contributed by atoms with E-state index >= 15 is 0 Å². The Morgan fingerprint density at radius 1 is 1.43 bits per heavy atom. The first kappa shape index (κ1) is 17.2. The smallest absolute Gasteiger partial charge is 0.389 e. The summed E-state index contributed by atoms with van der Waals surface area (Å²) in [5, 5.41) is 2.42. The molecule has 8 heteroatoms. The first-order valence-corrected chi connectivity index (χ1v) is 6.23. The molecule has 0 aliphatic heterocycles. The van der Waals surface area contributed by atoms with Crippen LogP contribution in [0.25, 0.3) is 0 Å². The van der Waals surface area contributed by atoms with E-state index in [1.54, 1.807) is 0 Å². The molecule has 0 aliphatic carbocycles. The maximum absolute atomic E-state index is 12.8. The SMILES string of the molecule is CC(OCCCC(F)(F)F)C(=O)Nc1ccc(F)cc1N. The van der Waals surface area contributed by atoms with E-state index in [0.29, 0.717) is 0 Å². The van der Waals surface area contributed by atoms with Gasteiger partial charge in [0.05, 0.1) is 11.4 Å². The van der Waals surface area contributed by atoms with Gasteiger partial charge in [-0.25, -0.2) is 4.39 Å². The topological polar surface area (TPSA) is 64.3 Å². The number of anilines is 2. The van der Waals surface area contributed by atoms with Crippen LogP contribution in [0.3, 0.4) is 0 Å². The van der Waals surface area contributed by atoms with E-state index in [4.69, 9.17) is 10.5 Å². The lowest BCUT2D eigenvalue weighted by molar-refractivity contribution is -0.140. The first-order chi connectivity index (χ1) is 9.69. The molecule has 0 aromatic heterocycles. The lowest BCUT2D eigenvalue weighted by atomic mass is 10.2. The number of nitrogen functional groups attached to an aromatic ring is 1. The van der Waals surface area contributed by atoms with Gasteiger partial charge in [0.15, 0.2) is 0 Å². The standard InChI is InChI=1S/C13H16F4N2O2/c1-8(21-6-2-5-13(15,16)17)12(20)19-11-4-3-9(14)7-10(11)18/h3-4,7-8H,2,5-6,18H2,1H3,(H,19,20). The Morgan fingerprint density at radius 2 is 2.10 bits per heavy atom. The Bertz CT molecular complexity index is 492. The average Bonchev–Trinajstić information content (AvgIpc) is 2.36. The molecule has 0 saturated heterocycles. The zero-order valence-corrected chi connectivity index (χ0v) is 11.3. The summed E-state index contributed by atoms with van der Waals surface area (Å²) in [7, 11) is 0. The average molecular weight is 308 g/mol. The number of hydrogen-bond acceptors (Lipinski definition) is 3. The van der Waals surface area contributed by atoms with Crippen LogP contribution in [0.2, 0.25) is 0 Å². The molecular formula is C13H16F4N2O2. The molecular weight excluding hydrogens is 292 g/mol. The third-order valence-electron chi connectivity index (χ3n) is 2.61. The normalized spacial score (nSPS) is 13.0. The van der Waals surface area contributed by atoms with Crippen molar-refractivity contribution in [2.75, 3.05) is 17.7 Å². The van der Waals surface area contributed by atoms with Crippen molar-refractivity contribution < 1.29 is 27.1 Å². The largest absolute Gasteiger partial charge is 0.397 e. The third kappa shape index (κ3) is 6.44. The van der Waals surface area contributed by atoms with E-state index in [0.717, 1.165) is 12.1 Å². The fourth-order valence-corrected chi connectivity index (χ4v) is 1.49. The second-order valence-corrected chi connectivity index (χ2v) is 4.45.